The minimum atomic E-state index is -0.177. The van der Waals surface area contributed by atoms with Crippen LogP contribution in [0.4, 0.5) is 5.69 Å². The number of aliphatic imine (C=N–C) groups is 1. The fourth-order valence-electron chi connectivity index (χ4n) is 3.22. The highest BCUT2D eigenvalue weighted by molar-refractivity contribution is 14.0. The molecule has 0 bridgehead atoms. The molecule has 0 saturated carbocycles. The number of hydrogen-bond acceptors (Lipinski definition) is 6. The van der Waals surface area contributed by atoms with E-state index >= 15 is 0 Å². The standard InChI is InChI=1S/C24H39N3O5.HI/c1-19(2)32-21-12-10-20(11-13-21)27-24(25-14-5-4-9-23(28)29-3)26-15-7-16-30-18-22-8-6-17-31-22;/h10-13,19,22H,4-9,14-18H2,1-3H3,(H2,25,26,27);1H. The van der Waals surface area contributed by atoms with Crippen LogP contribution in [0.3, 0.4) is 0 Å². The van der Waals surface area contributed by atoms with Gasteiger partial charge in [0.05, 0.1) is 25.9 Å². The summed E-state index contributed by atoms with van der Waals surface area (Å²) in [5.74, 6) is 1.37. The average Bonchev–Trinajstić information content (AvgIpc) is 3.30. The van der Waals surface area contributed by atoms with Crippen LogP contribution in [0.5, 0.6) is 5.75 Å². The Morgan fingerprint density at radius 1 is 1.21 bits per heavy atom. The third-order valence-electron chi connectivity index (χ3n) is 4.86. The zero-order valence-electron chi connectivity index (χ0n) is 20.1. The number of unbranched alkanes of at least 4 members (excludes halogenated alkanes) is 1. The van der Waals surface area contributed by atoms with Crippen LogP contribution in [-0.2, 0) is 19.0 Å². The smallest absolute Gasteiger partial charge is 0.305 e. The lowest BCUT2D eigenvalue weighted by Crippen LogP contribution is -2.32. The Bertz CT molecular complexity index is 679. The molecular weight excluding hydrogens is 537 g/mol. The van der Waals surface area contributed by atoms with E-state index in [1.807, 2.05) is 38.1 Å². The second-order valence-electron chi connectivity index (χ2n) is 8.07. The Morgan fingerprint density at radius 3 is 2.67 bits per heavy atom. The van der Waals surface area contributed by atoms with Gasteiger partial charge in [-0.15, -0.1) is 24.0 Å². The third-order valence-corrected chi connectivity index (χ3v) is 4.86. The van der Waals surface area contributed by atoms with E-state index in [-0.39, 0.29) is 42.2 Å². The monoisotopic (exact) mass is 577 g/mol. The molecule has 2 N–H and O–H groups in total. The van der Waals surface area contributed by atoms with Crippen LogP contribution in [0.2, 0.25) is 0 Å². The Hall–Kier alpha value is -1.59. The lowest BCUT2D eigenvalue weighted by atomic mass is 10.2. The molecule has 2 rings (SSSR count). The number of nitrogens with zero attached hydrogens (tertiary/aromatic N) is 1. The summed E-state index contributed by atoms with van der Waals surface area (Å²) in [6, 6.07) is 7.82. The van der Waals surface area contributed by atoms with Crippen LogP contribution in [-0.4, -0.2) is 64.2 Å². The zero-order valence-corrected chi connectivity index (χ0v) is 22.5. The molecule has 188 valence electrons. The van der Waals surface area contributed by atoms with Crippen molar-refractivity contribution in [3.8, 4) is 5.75 Å². The predicted molar refractivity (Wildman–Crippen MR) is 142 cm³/mol. The highest BCUT2D eigenvalue weighted by atomic mass is 127. The number of halogens is 1. The molecule has 0 radical (unpaired) electrons. The minimum Gasteiger partial charge on any atom is -0.491 e. The maximum absolute atomic E-state index is 11.2. The van der Waals surface area contributed by atoms with Gasteiger partial charge in [0.25, 0.3) is 0 Å². The number of anilines is 1. The summed E-state index contributed by atoms with van der Waals surface area (Å²) in [5.41, 5.74) is 0.927. The molecular formula is C24H40IN3O5. The van der Waals surface area contributed by atoms with Crippen molar-refractivity contribution >= 4 is 41.6 Å². The van der Waals surface area contributed by atoms with Crippen molar-refractivity contribution in [1.82, 2.24) is 5.32 Å². The minimum absolute atomic E-state index is 0. The van der Waals surface area contributed by atoms with Gasteiger partial charge in [-0.1, -0.05) is 0 Å². The van der Waals surface area contributed by atoms with E-state index in [0.29, 0.717) is 38.7 Å². The Kier molecular flexibility index (Phi) is 15.9. The fraction of sp³-hybridized carbons (Fsp3) is 0.667. The number of benzene rings is 1. The number of hydrogen-bond donors (Lipinski definition) is 2. The van der Waals surface area contributed by atoms with Crippen molar-refractivity contribution in [1.29, 1.82) is 0 Å². The molecule has 1 fully saturated rings. The number of rotatable bonds is 14. The molecule has 0 spiro atoms. The van der Waals surface area contributed by atoms with Crippen LogP contribution in [0.25, 0.3) is 0 Å². The number of nitrogens with one attached hydrogen (secondary N) is 2. The molecule has 1 unspecified atom stereocenters. The molecule has 0 aliphatic carbocycles. The Morgan fingerprint density at radius 2 is 2.00 bits per heavy atom. The van der Waals surface area contributed by atoms with Crippen molar-refractivity contribution in [3.05, 3.63) is 24.3 Å². The summed E-state index contributed by atoms with van der Waals surface area (Å²) >= 11 is 0. The zero-order chi connectivity index (χ0) is 23.0. The van der Waals surface area contributed by atoms with E-state index in [4.69, 9.17) is 14.2 Å². The quantitative estimate of drug-likeness (QED) is 0.112. The SMILES string of the molecule is COC(=O)CCCCNC(=NCCCOCC1CCCO1)Nc1ccc(OC(C)C)cc1.I. The maximum atomic E-state index is 11.2. The third kappa shape index (κ3) is 13.6. The molecule has 1 aromatic carbocycles. The van der Waals surface area contributed by atoms with Crippen molar-refractivity contribution in [2.24, 2.45) is 4.99 Å². The summed E-state index contributed by atoms with van der Waals surface area (Å²) in [6.07, 6.45) is 5.49. The number of carbonyl (C=O) groups excluding carboxylic acids is 1. The molecule has 1 saturated heterocycles. The van der Waals surface area contributed by atoms with Gasteiger partial charge in [-0.25, -0.2) is 0 Å². The first kappa shape index (κ1) is 29.4. The topological polar surface area (TPSA) is 90.4 Å². The van der Waals surface area contributed by atoms with Gasteiger partial charge in [0.1, 0.15) is 5.75 Å². The predicted octanol–water partition coefficient (Wildman–Crippen LogP) is 4.38. The number of carbonyl (C=O) groups is 1. The first-order chi connectivity index (χ1) is 15.6. The van der Waals surface area contributed by atoms with Crippen molar-refractivity contribution in [2.75, 3.05) is 45.3 Å². The molecule has 1 aliphatic heterocycles. The number of methoxy groups -OCH3 is 1. The van der Waals surface area contributed by atoms with Crippen LogP contribution in [0.1, 0.15) is 52.4 Å². The summed E-state index contributed by atoms with van der Waals surface area (Å²) in [6.45, 7) is 7.56. The van der Waals surface area contributed by atoms with E-state index in [1.165, 1.54) is 7.11 Å². The molecule has 0 amide bonds. The summed E-state index contributed by atoms with van der Waals surface area (Å²) in [4.78, 5) is 15.9. The van der Waals surface area contributed by atoms with Gasteiger partial charge in [-0.05, 0) is 70.2 Å². The molecule has 33 heavy (non-hydrogen) atoms. The summed E-state index contributed by atoms with van der Waals surface area (Å²) in [7, 11) is 1.41. The molecule has 1 aliphatic rings. The molecule has 1 heterocycles. The van der Waals surface area contributed by atoms with Gasteiger partial charge in [0, 0.05) is 38.4 Å². The van der Waals surface area contributed by atoms with Gasteiger partial charge in [-0.3, -0.25) is 9.79 Å². The van der Waals surface area contributed by atoms with Crippen molar-refractivity contribution < 1.29 is 23.7 Å². The van der Waals surface area contributed by atoms with Crippen molar-refractivity contribution in [3.63, 3.8) is 0 Å². The fourth-order valence-corrected chi connectivity index (χ4v) is 3.22. The van der Waals surface area contributed by atoms with E-state index in [2.05, 4.69) is 20.4 Å². The highest BCUT2D eigenvalue weighted by Crippen LogP contribution is 2.17. The molecule has 0 aromatic heterocycles. The second kappa shape index (κ2) is 17.8. The van der Waals surface area contributed by atoms with Gasteiger partial charge >= 0.3 is 5.97 Å². The first-order valence-corrected chi connectivity index (χ1v) is 11.6. The highest BCUT2D eigenvalue weighted by Gasteiger charge is 2.14. The second-order valence-corrected chi connectivity index (χ2v) is 8.07. The van der Waals surface area contributed by atoms with Crippen LogP contribution < -0.4 is 15.4 Å². The van der Waals surface area contributed by atoms with Gasteiger partial charge in [-0.2, -0.15) is 0 Å². The number of guanidine groups is 1. The van der Waals surface area contributed by atoms with E-state index in [1.54, 1.807) is 0 Å². The molecule has 9 heteroatoms. The molecule has 1 atom stereocenters. The van der Waals surface area contributed by atoms with Gasteiger partial charge in [0.15, 0.2) is 5.96 Å². The maximum Gasteiger partial charge on any atom is 0.305 e. The molecule has 1 aromatic rings. The van der Waals surface area contributed by atoms with Gasteiger partial charge in [0.2, 0.25) is 0 Å². The van der Waals surface area contributed by atoms with Crippen molar-refractivity contribution in [2.45, 2.75) is 64.6 Å². The normalized spacial score (nSPS) is 15.8. The van der Waals surface area contributed by atoms with Crippen LogP contribution in [0, 0.1) is 0 Å². The Labute approximate surface area is 215 Å². The first-order valence-electron chi connectivity index (χ1n) is 11.6. The summed E-state index contributed by atoms with van der Waals surface area (Å²) in [5, 5.41) is 6.67. The Balaban J connectivity index is 0.00000544. The number of esters is 1. The van der Waals surface area contributed by atoms with E-state index in [9.17, 15) is 4.79 Å². The largest absolute Gasteiger partial charge is 0.491 e. The molecule has 8 nitrogen and oxygen atoms in total. The van der Waals surface area contributed by atoms with Gasteiger partial charge < -0.3 is 29.6 Å². The summed E-state index contributed by atoms with van der Waals surface area (Å²) < 4.78 is 21.7. The lowest BCUT2D eigenvalue weighted by molar-refractivity contribution is -0.140. The number of ether oxygens (including phenoxy) is 4. The van der Waals surface area contributed by atoms with Crippen LogP contribution in [0.15, 0.2) is 29.3 Å². The van der Waals surface area contributed by atoms with E-state index in [0.717, 1.165) is 50.1 Å². The lowest BCUT2D eigenvalue weighted by Gasteiger charge is -2.14. The average molecular weight is 578 g/mol. The van der Waals surface area contributed by atoms with E-state index < -0.39 is 0 Å². The van der Waals surface area contributed by atoms with Crippen LogP contribution >= 0.6 is 24.0 Å².